The summed E-state index contributed by atoms with van der Waals surface area (Å²) < 4.78 is 83.6. The van der Waals surface area contributed by atoms with E-state index in [1.165, 1.54) is 12.1 Å². The zero-order chi connectivity index (χ0) is 23.0. The summed E-state index contributed by atoms with van der Waals surface area (Å²) in [5, 5.41) is 9.49. The molecule has 0 saturated heterocycles. The second-order valence-electron chi connectivity index (χ2n) is 6.79. The van der Waals surface area contributed by atoms with Crippen LogP contribution in [-0.4, -0.2) is 11.0 Å². The molecule has 2 aromatic rings. The van der Waals surface area contributed by atoms with Gasteiger partial charge in [0.15, 0.2) is 0 Å². The largest absolute Gasteiger partial charge is 0.508 e. The summed E-state index contributed by atoms with van der Waals surface area (Å²) in [6.45, 7) is 5.24. The van der Waals surface area contributed by atoms with E-state index in [0.717, 1.165) is 12.1 Å². The van der Waals surface area contributed by atoms with Gasteiger partial charge in [0, 0.05) is 22.5 Å². The summed E-state index contributed by atoms with van der Waals surface area (Å²) in [7, 11) is 0. The molecule has 0 spiro atoms. The van der Waals surface area contributed by atoms with Gasteiger partial charge < -0.3 is 5.11 Å². The molecule has 0 aliphatic carbocycles. The van der Waals surface area contributed by atoms with Gasteiger partial charge in [-0.3, -0.25) is 0 Å². The number of allylic oxidation sites excluding steroid dienone is 1. The van der Waals surface area contributed by atoms with E-state index in [-0.39, 0.29) is 10.6 Å². The van der Waals surface area contributed by atoms with Crippen molar-refractivity contribution < 1.29 is 31.4 Å². The van der Waals surface area contributed by atoms with Crippen molar-refractivity contribution in [1.82, 2.24) is 0 Å². The Balaban J connectivity index is 2.62. The monoisotopic (exact) mass is 512 g/mol. The van der Waals surface area contributed by atoms with Crippen LogP contribution in [0.1, 0.15) is 40.7 Å². The van der Waals surface area contributed by atoms with Gasteiger partial charge in [0.2, 0.25) is 0 Å². The van der Waals surface area contributed by atoms with Crippen molar-refractivity contribution in [3.05, 3.63) is 80.3 Å². The van der Waals surface area contributed by atoms with Crippen LogP contribution in [0.4, 0.5) is 26.3 Å². The van der Waals surface area contributed by atoms with Crippen LogP contribution in [0, 0.1) is 6.92 Å². The van der Waals surface area contributed by atoms with Crippen LogP contribution in [0.2, 0.25) is 5.02 Å². The van der Waals surface area contributed by atoms with Crippen LogP contribution in [-0.2, 0) is 6.18 Å². The predicted molar refractivity (Wildman–Crippen MR) is 109 cm³/mol. The van der Waals surface area contributed by atoms with Crippen molar-refractivity contribution in [2.45, 2.75) is 31.9 Å². The second kappa shape index (κ2) is 8.67. The fraction of sp³-hybridized carbons (Fsp3) is 0.238. The highest BCUT2D eigenvalue weighted by molar-refractivity contribution is 9.10. The van der Waals surface area contributed by atoms with E-state index in [1.54, 1.807) is 6.92 Å². The highest BCUT2D eigenvalue weighted by Crippen LogP contribution is 2.41. The lowest BCUT2D eigenvalue weighted by Crippen LogP contribution is -2.21. The van der Waals surface area contributed by atoms with Crippen LogP contribution in [0.25, 0.3) is 11.6 Å². The molecule has 1 unspecified atom stereocenters. The highest BCUT2D eigenvalue weighted by atomic mass is 79.9. The lowest BCUT2D eigenvalue weighted by atomic mass is 9.90. The Morgan fingerprint density at radius 2 is 1.77 bits per heavy atom. The van der Waals surface area contributed by atoms with E-state index >= 15 is 0 Å². The van der Waals surface area contributed by atoms with Gasteiger partial charge in [0.25, 0.3) is 5.92 Å². The van der Waals surface area contributed by atoms with Crippen molar-refractivity contribution >= 4 is 39.1 Å². The molecule has 0 aliphatic rings. The van der Waals surface area contributed by atoms with Crippen LogP contribution in [0.15, 0.2) is 47.5 Å². The summed E-state index contributed by atoms with van der Waals surface area (Å²) in [5.41, 5.74) is -2.00. The molecule has 1 nitrogen and oxygen atoms in total. The fourth-order valence-electron chi connectivity index (χ4n) is 2.89. The lowest BCUT2D eigenvalue weighted by molar-refractivity contribution is -0.137. The van der Waals surface area contributed by atoms with Crippen molar-refractivity contribution in [3.63, 3.8) is 0 Å². The van der Waals surface area contributed by atoms with Crippen molar-refractivity contribution in [2.75, 3.05) is 0 Å². The van der Waals surface area contributed by atoms with Gasteiger partial charge in [0.05, 0.1) is 16.5 Å². The van der Waals surface area contributed by atoms with Gasteiger partial charge in [-0.2, -0.15) is 13.2 Å². The quantitative estimate of drug-likeness (QED) is 0.313. The molecule has 2 rings (SSSR count). The first-order valence-electron chi connectivity index (χ1n) is 8.43. The Kier molecular flexibility index (Phi) is 7.03. The number of alkyl halides is 5. The van der Waals surface area contributed by atoms with Gasteiger partial charge in [-0.25, -0.2) is 13.2 Å². The molecule has 30 heavy (non-hydrogen) atoms. The second-order valence-corrected chi connectivity index (χ2v) is 7.99. The first-order valence-corrected chi connectivity index (χ1v) is 9.60. The van der Waals surface area contributed by atoms with Crippen molar-refractivity contribution in [2.24, 2.45) is 0 Å². The van der Waals surface area contributed by atoms with Gasteiger partial charge >= 0.3 is 6.18 Å². The number of hydrogen-bond acceptors (Lipinski definition) is 1. The SMILES string of the molecule is C=C(O)c1ccc(/C(F)=C/C(c2cc(C)c(Br)c(Cl)c2)C(C)(F)F)cc1C(F)(F)F. The molecular formula is C21H16BrClF6O. The minimum Gasteiger partial charge on any atom is -0.508 e. The van der Waals surface area contributed by atoms with E-state index < -0.39 is 46.3 Å². The van der Waals surface area contributed by atoms with Gasteiger partial charge in [-0.05, 0) is 58.3 Å². The summed E-state index contributed by atoms with van der Waals surface area (Å²) in [6, 6.07) is 4.84. The molecule has 0 saturated carbocycles. The summed E-state index contributed by atoms with van der Waals surface area (Å²) in [5.74, 6) is -7.36. The molecule has 0 bridgehead atoms. The molecular weight excluding hydrogens is 498 g/mol. The number of hydrogen-bond donors (Lipinski definition) is 1. The third-order valence-electron chi connectivity index (χ3n) is 4.36. The predicted octanol–water partition coefficient (Wildman–Crippen LogP) is 8.71. The van der Waals surface area contributed by atoms with Crippen LogP contribution < -0.4 is 0 Å². The molecule has 2 aromatic carbocycles. The van der Waals surface area contributed by atoms with E-state index in [4.69, 9.17) is 11.6 Å². The molecule has 0 fully saturated rings. The first kappa shape index (κ1) is 24.3. The standard InChI is InChI=1S/C21H16BrClF6O/c1-10-6-13(8-17(23)19(10)22)15(20(3,25)26)9-18(24)12-4-5-14(11(2)30)16(7-12)21(27,28)29/h4-9,15,30H,2H2,1,3H3/b18-9-. The van der Waals surface area contributed by atoms with Crippen molar-refractivity contribution in [3.8, 4) is 0 Å². The normalized spacial score (nSPS) is 14.0. The minimum atomic E-state index is -4.91. The first-order chi connectivity index (χ1) is 13.6. The van der Waals surface area contributed by atoms with Crippen LogP contribution in [0.3, 0.4) is 0 Å². The summed E-state index contributed by atoms with van der Waals surface area (Å²) in [4.78, 5) is 0. The van der Waals surface area contributed by atoms with Gasteiger partial charge in [0.1, 0.15) is 11.6 Å². The third-order valence-corrected chi connectivity index (χ3v) is 5.94. The smallest absolute Gasteiger partial charge is 0.417 e. The molecule has 9 heteroatoms. The Labute approximate surface area is 182 Å². The van der Waals surface area contributed by atoms with E-state index in [9.17, 15) is 31.4 Å². The number of rotatable bonds is 5. The number of aliphatic hydroxyl groups excluding tert-OH is 1. The third kappa shape index (κ3) is 5.40. The average Bonchev–Trinajstić information content (AvgIpc) is 2.61. The van der Waals surface area contributed by atoms with Gasteiger partial charge in [-0.15, -0.1) is 0 Å². The van der Waals surface area contributed by atoms with E-state index in [2.05, 4.69) is 22.5 Å². The maximum atomic E-state index is 14.8. The number of aryl methyl sites for hydroxylation is 1. The minimum absolute atomic E-state index is 0.000231. The van der Waals surface area contributed by atoms with E-state index in [0.29, 0.717) is 29.1 Å². The van der Waals surface area contributed by atoms with E-state index in [1.807, 2.05) is 0 Å². The maximum absolute atomic E-state index is 14.8. The molecule has 0 heterocycles. The Bertz CT molecular complexity index is 985. The molecule has 0 aliphatic heterocycles. The zero-order valence-corrected chi connectivity index (χ0v) is 18.1. The number of aliphatic hydroxyl groups is 1. The topological polar surface area (TPSA) is 20.2 Å². The summed E-state index contributed by atoms with van der Waals surface area (Å²) >= 11 is 9.22. The Morgan fingerprint density at radius 1 is 1.17 bits per heavy atom. The molecule has 0 radical (unpaired) electrons. The highest BCUT2D eigenvalue weighted by Gasteiger charge is 2.37. The molecule has 162 valence electrons. The fourth-order valence-corrected chi connectivity index (χ4v) is 3.39. The summed E-state index contributed by atoms with van der Waals surface area (Å²) in [6.07, 6.45) is -4.36. The molecule has 1 atom stereocenters. The zero-order valence-electron chi connectivity index (χ0n) is 15.7. The number of benzene rings is 2. The lowest BCUT2D eigenvalue weighted by Gasteiger charge is -2.22. The van der Waals surface area contributed by atoms with Gasteiger partial charge in [-0.1, -0.05) is 30.3 Å². The average molecular weight is 514 g/mol. The van der Waals surface area contributed by atoms with Crippen molar-refractivity contribution in [1.29, 1.82) is 0 Å². The maximum Gasteiger partial charge on any atom is 0.417 e. The molecule has 0 amide bonds. The molecule has 0 aromatic heterocycles. The molecule has 1 N–H and O–H groups in total. The Morgan fingerprint density at radius 3 is 2.23 bits per heavy atom. The Hall–Kier alpha value is -1.93. The van der Waals surface area contributed by atoms with Crippen LogP contribution >= 0.6 is 27.5 Å². The number of halogens is 8. The van der Waals surface area contributed by atoms with Crippen LogP contribution in [0.5, 0.6) is 0 Å².